The monoisotopic (exact) mass is 426 g/mol. The summed E-state index contributed by atoms with van der Waals surface area (Å²) in [7, 11) is -3.79. The summed E-state index contributed by atoms with van der Waals surface area (Å²) >= 11 is 5.70. The Balaban J connectivity index is 1.84. The standard InChI is InChI=1S/C19H20ClFN2O4S/c1-12-10-23(11-13(2)27-12)28(25,26)16-5-3-4-14(8-16)19(24)22-18-7-6-15(20)9-17(18)21/h3-9,12-13H,10-11H2,1-2H3,(H,22,24)/t12-,13-/m0/s1. The van der Waals surface area contributed by atoms with E-state index in [1.165, 1.54) is 40.7 Å². The summed E-state index contributed by atoms with van der Waals surface area (Å²) in [5.74, 6) is -1.30. The Hall–Kier alpha value is -2.00. The van der Waals surface area contributed by atoms with Gasteiger partial charge in [-0.05, 0) is 50.2 Å². The van der Waals surface area contributed by atoms with Crippen LogP contribution < -0.4 is 5.32 Å². The Labute approximate surface area is 168 Å². The van der Waals surface area contributed by atoms with Crippen LogP contribution in [-0.4, -0.2) is 43.9 Å². The molecule has 3 rings (SSSR count). The van der Waals surface area contributed by atoms with E-state index in [1.807, 2.05) is 13.8 Å². The summed E-state index contributed by atoms with van der Waals surface area (Å²) < 4.78 is 46.8. The van der Waals surface area contributed by atoms with Gasteiger partial charge in [0.25, 0.3) is 5.91 Å². The molecule has 2 atom stereocenters. The van der Waals surface area contributed by atoms with E-state index in [1.54, 1.807) is 0 Å². The number of anilines is 1. The highest BCUT2D eigenvalue weighted by Gasteiger charge is 2.32. The van der Waals surface area contributed by atoms with Gasteiger partial charge in [0.2, 0.25) is 10.0 Å². The molecular formula is C19H20ClFN2O4S. The molecule has 0 unspecified atom stereocenters. The summed E-state index contributed by atoms with van der Waals surface area (Å²) in [5, 5.41) is 2.63. The predicted octanol–water partition coefficient (Wildman–Crippen LogP) is 3.53. The summed E-state index contributed by atoms with van der Waals surface area (Å²) in [6, 6.07) is 9.52. The highest BCUT2D eigenvalue weighted by molar-refractivity contribution is 7.89. The quantitative estimate of drug-likeness (QED) is 0.811. The van der Waals surface area contributed by atoms with Crippen LogP contribution in [0, 0.1) is 5.82 Å². The Kier molecular flexibility index (Phi) is 6.04. The van der Waals surface area contributed by atoms with Gasteiger partial charge in [0.15, 0.2) is 0 Å². The van der Waals surface area contributed by atoms with Crippen molar-refractivity contribution in [3.05, 3.63) is 58.9 Å². The Morgan fingerprint density at radius 2 is 1.86 bits per heavy atom. The van der Waals surface area contributed by atoms with E-state index in [9.17, 15) is 17.6 Å². The fraction of sp³-hybridized carbons (Fsp3) is 0.316. The zero-order valence-electron chi connectivity index (χ0n) is 15.4. The number of hydrogen-bond acceptors (Lipinski definition) is 4. The number of ether oxygens (including phenoxy) is 1. The van der Waals surface area contributed by atoms with Gasteiger partial charge in [0, 0.05) is 23.7 Å². The van der Waals surface area contributed by atoms with Crippen LogP contribution in [0.15, 0.2) is 47.4 Å². The van der Waals surface area contributed by atoms with Crippen LogP contribution in [0.4, 0.5) is 10.1 Å². The van der Waals surface area contributed by atoms with Gasteiger partial charge in [0.05, 0.1) is 22.8 Å². The summed E-state index contributed by atoms with van der Waals surface area (Å²) in [6.07, 6.45) is -0.448. The van der Waals surface area contributed by atoms with Crippen LogP contribution >= 0.6 is 11.6 Å². The molecule has 2 aromatic rings. The molecule has 0 bridgehead atoms. The van der Waals surface area contributed by atoms with E-state index in [0.717, 1.165) is 6.07 Å². The average Bonchev–Trinajstić information content (AvgIpc) is 2.63. The zero-order valence-corrected chi connectivity index (χ0v) is 16.9. The molecule has 0 spiro atoms. The lowest BCUT2D eigenvalue weighted by atomic mass is 10.2. The normalized spacial score (nSPS) is 20.7. The third-order valence-electron chi connectivity index (χ3n) is 4.30. The summed E-state index contributed by atoms with van der Waals surface area (Å²) in [5.41, 5.74) is 0.0586. The first-order chi connectivity index (χ1) is 13.2. The molecule has 1 N–H and O–H groups in total. The largest absolute Gasteiger partial charge is 0.373 e. The molecule has 1 heterocycles. The lowest BCUT2D eigenvalue weighted by Crippen LogP contribution is -2.48. The molecule has 1 aliphatic heterocycles. The van der Waals surface area contributed by atoms with E-state index in [0.29, 0.717) is 0 Å². The van der Waals surface area contributed by atoms with Gasteiger partial charge in [-0.2, -0.15) is 4.31 Å². The van der Waals surface area contributed by atoms with Crippen molar-refractivity contribution in [1.29, 1.82) is 0 Å². The number of carbonyl (C=O) groups is 1. The van der Waals surface area contributed by atoms with Crippen LogP contribution in [0.1, 0.15) is 24.2 Å². The van der Waals surface area contributed by atoms with Gasteiger partial charge < -0.3 is 10.1 Å². The number of nitrogens with zero attached hydrogens (tertiary/aromatic N) is 1. The first kappa shape index (κ1) is 20.7. The molecule has 1 saturated heterocycles. The first-order valence-corrected chi connectivity index (χ1v) is 10.5. The summed E-state index contributed by atoms with van der Waals surface area (Å²) in [4.78, 5) is 12.5. The number of benzene rings is 2. The maximum Gasteiger partial charge on any atom is 0.255 e. The van der Waals surface area contributed by atoms with Crippen LogP contribution in [0.3, 0.4) is 0 Å². The second kappa shape index (κ2) is 8.16. The van der Waals surface area contributed by atoms with Gasteiger partial charge in [-0.3, -0.25) is 4.79 Å². The van der Waals surface area contributed by atoms with Crippen molar-refractivity contribution in [3.8, 4) is 0 Å². The Morgan fingerprint density at radius 3 is 2.50 bits per heavy atom. The smallest absolute Gasteiger partial charge is 0.255 e. The third-order valence-corrected chi connectivity index (χ3v) is 6.36. The molecular weight excluding hydrogens is 407 g/mol. The number of halogens is 2. The molecule has 1 amide bonds. The second-order valence-corrected chi connectivity index (χ2v) is 9.06. The van der Waals surface area contributed by atoms with Gasteiger partial charge in [-0.1, -0.05) is 17.7 Å². The number of morpholine rings is 1. The van der Waals surface area contributed by atoms with E-state index in [-0.39, 0.29) is 46.5 Å². The lowest BCUT2D eigenvalue weighted by Gasteiger charge is -2.34. The van der Waals surface area contributed by atoms with Crippen LogP contribution in [0.5, 0.6) is 0 Å². The first-order valence-electron chi connectivity index (χ1n) is 8.69. The van der Waals surface area contributed by atoms with Crippen LogP contribution in [-0.2, 0) is 14.8 Å². The van der Waals surface area contributed by atoms with Crippen molar-refractivity contribution in [1.82, 2.24) is 4.31 Å². The molecule has 6 nitrogen and oxygen atoms in total. The molecule has 0 saturated carbocycles. The fourth-order valence-electron chi connectivity index (χ4n) is 3.06. The van der Waals surface area contributed by atoms with Crippen LogP contribution in [0.2, 0.25) is 5.02 Å². The molecule has 0 aromatic heterocycles. The predicted molar refractivity (Wildman–Crippen MR) is 105 cm³/mol. The van der Waals surface area contributed by atoms with Gasteiger partial charge in [0.1, 0.15) is 5.82 Å². The minimum absolute atomic E-state index is 0.00183. The maximum atomic E-state index is 13.9. The van der Waals surface area contributed by atoms with Crippen molar-refractivity contribution < 1.29 is 22.3 Å². The minimum Gasteiger partial charge on any atom is -0.373 e. The highest BCUT2D eigenvalue weighted by Crippen LogP contribution is 2.23. The Bertz CT molecular complexity index is 989. The number of rotatable bonds is 4. The fourth-order valence-corrected chi connectivity index (χ4v) is 4.85. The topological polar surface area (TPSA) is 75.7 Å². The third kappa shape index (κ3) is 4.52. The average molecular weight is 427 g/mol. The van der Waals surface area contributed by atoms with Crippen LogP contribution in [0.25, 0.3) is 0 Å². The van der Waals surface area contributed by atoms with Crippen molar-refractivity contribution in [3.63, 3.8) is 0 Å². The second-order valence-electron chi connectivity index (χ2n) is 6.69. The highest BCUT2D eigenvalue weighted by atomic mass is 35.5. The van der Waals surface area contributed by atoms with Gasteiger partial charge >= 0.3 is 0 Å². The van der Waals surface area contributed by atoms with E-state index in [2.05, 4.69) is 5.32 Å². The van der Waals surface area contributed by atoms with Crippen molar-refractivity contribution in [2.75, 3.05) is 18.4 Å². The zero-order chi connectivity index (χ0) is 20.5. The van der Waals surface area contributed by atoms with Crippen molar-refractivity contribution in [2.24, 2.45) is 0 Å². The summed E-state index contributed by atoms with van der Waals surface area (Å²) in [6.45, 7) is 4.09. The van der Waals surface area contributed by atoms with E-state index < -0.39 is 21.7 Å². The SMILES string of the molecule is C[C@H]1CN(S(=O)(=O)c2cccc(C(=O)Nc3ccc(Cl)cc3F)c2)C[C@H](C)O1. The molecule has 1 fully saturated rings. The van der Waals surface area contributed by atoms with Gasteiger partial charge in [-0.15, -0.1) is 0 Å². The van der Waals surface area contributed by atoms with E-state index >= 15 is 0 Å². The van der Waals surface area contributed by atoms with Crippen molar-refractivity contribution >= 4 is 33.2 Å². The number of sulfonamides is 1. The molecule has 150 valence electrons. The lowest BCUT2D eigenvalue weighted by molar-refractivity contribution is -0.0440. The maximum absolute atomic E-state index is 13.9. The van der Waals surface area contributed by atoms with E-state index in [4.69, 9.17) is 16.3 Å². The molecule has 1 aliphatic rings. The molecule has 2 aromatic carbocycles. The number of nitrogens with one attached hydrogen (secondary N) is 1. The molecule has 0 radical (unpaired) electrons. The molecule has 28 heavy (non-hydrogen) atoms. The molecule has 0 aliphatic carbocycles. The van der Waals surface area contributed by atoms with Gasteiger partial charge in [-0.25, -0.2) is 12.8 Å². The minimum atomic E-state index is -3.79. The van der Waals surface area contributed by atoms with Crippen molar-refractivity contribution in [2.45, 2.75) is 31.0 Å². The number of carbonyl (C=O) groups excluding carboxylic acids is 1. The number of hydrogen-bond donors (Lipinski definition) is 1. The Morgan fingerprint density at radius 1 is 1.18 bits per heavy atom. The molecule has 9 heteroatoms. The number of amides is 1.